The summed E-state index contributed by atoms with van der Waals surface area (Å²) in [5, 5.41) is 3.50. The normalized spacial score (nSPS) is 18.9. The smallest absolute Gasteiger partial charge is 0.260 e. The van der Waals surface area contributed by atoms with Gasteiger partial charge in [0.05, 0.1) is 0 Å². The molecule has 0 spiro atoms. The first kappa shape index (κ1) is 14.9. The zero-order chi connectivity index (χ0) is 14.2. The third-order valence-electron chi connectivity index (χ3n) is 3.56. The first-order chi connectivity index (χ1) is 9.79. The number of nitrogens with one attached hydrogen (secondary N) is 1. The van der Waals surface area contributed by atoms with Gasteiger partial charge in [-0.15, -0.1) is 0 Å². The lowest BCUT2D eigenvalue weighted by molar-refractivity contribution is -0.134. The highest BCUT2D eigenvalue weighted by molar-refractivity contribution is 5.77. The molecule has 4 nitrogen and oxygen atoms in total. The van der Waals surface area contributed by atoms with Crippen LogP contribution in [0.4, 0.5) is 0 Å². The molecular formula is C16H24N2O2. The van der Waals surface area contributed by atoms with Crippen molar-refractivity contribution in [2.45, 2.75) is 32.2 Å². The Hall–Kier alpha value is -1.55. The Labute approximate surface area is 121 Å². The zero-order valence-electron chi connectivity index (χ0n) is 12.2. The minimum atomic E-state index is 0.0804. The SMILES string of the molecule is CCCNC1CCCN(C(=O)COc2ccccc2)C1. The highest BCUT2D eigenvalue weighted by atomic mass is 16.5. The minimum absolute atomic E-state index is 0.0804. The Morgan fingerprint density at radius 1 is 1.40 bits per heavy atom. The zero-order valence-corrected chi connectivity index (χ0v) is 12.2. The van der Waals surface area contributed by atoms with E-state index in [0.29, 0.717) is 6.04 Å². The lowest BCUT2D eigenvalue weighted by Gasteiger charge is -2.33. The molecule has 0 bridgehead atoms. The van der Waals surface area contributed by atoms with Crippen LogP contribution in [0.3, 0.4) is 0 Å². The van der Waals surface area contributed by atoms with Crippen molar-refractivity contribution in [3.8, 4) is 5.75 Å². The van der Waals surface area contributed by atoms with Gasteiger partial charge in [0.25, 0.3) is 5.91 Å². The van der Waals surface area contributed by atoms with Crippen LogP contribution >= 0.6 is 0 Å². The number of nitrogens with zero attached hydrogens (tertiary/aromatic N) is 1. The van der Waals surface area contributed by atoms with E-state index in [1.807, 2.05) is 35.2 Å². The van der Waals surface area contributed by atoms with Crippen LogP contribution in [0, 0.1) is 0 Å². The second-order valence-electron chi connectivity index (χ2n) is 5.23. The number of piperidine rings is 1. The molecule has 1 aliphatic rings. The minimum Gasteiger partial charge on any atom is -0.484 e. The van der Waals surface area contributed by atoms with Crippen LogP contribution in [-0.4, -0.2) is 43.1 Å². The van der Waals surface area contributed by atoms with Gasteiger partial charge in [-0.05, 0) is 37.9 Å². The molecule has 1 N–H and O–H groups in total. The third kappa shape index (κ3) is 4.53. The highest BCUT2D eigenvalue weighted by Crippen LogP contribution is 2.12. The van der Waals surface area contributed by atoms with Crippen LogP contribution < -0.4 is 10.1 Å². The number of hydrogen-bond donors (Lipinski definition) is 1. The molecule has 1 aromatic carbocycles. The van der Waals surface area contributed by atoms with Gasteiger partial charge in [0.2, 0.25) is 0 Å². The molecule has 2 rings (SSSR count). The Kier molecular flexibility index (Phi) is 5.87. The molecule has 1 aromatic rings. The van der Waals surface area contributed by atoms with Gasteiger partial charge < -0.3 is 15.0 Å². The molecule has 1 amide bonds. The second-order valence-corrected chi connectivity index (χ2v) is 5.23. The van der Waals surface area contributed by atoms with E-state index in [1.165, 1.54) is 0 Å². The van der Waals surface area contributed by atoms with Crippen LogP contribution in [-0.2, 0) is 4.79 Å². The van der Waals surface area contributed by atoms with E-state index in [0.717, 1.165) is 44.6 Å². The largest absolute Gasteiger partial charge is 0.484 e. The van der Waals surface area contributed by atoms with E-state index in [4.69, 9.17) is 4.74 Å². The van der Waals surface area contributed by atoms with Crippen LogP contribution in [0.25, 0.3) is 0 Å². The van der Waals surface area contributed by atoms with E-state index >= 15 is 0 Å². The van der Waals surface area contributed by atoms with Gasteiger partial charge in [-0.2, -0.15) is 0 Å². The van der Waals surface area contributed by atoms with Gasteiger partial charge in [0.15, 0.2) is 6.61 Å². The summed E-state index contributed by atoms with van der Waals surface area (Å²) < 4.78 is 5.53. The second kappa shape index (κ2) is 7.90. The molecule has 1 fully saturated rings. The fourth-order valence-electron chi connectivity index (χ4n) is 2.47. The third-order valence-corrected chi connectivity index (χ3v) is 3.56. The summed E-state index contributed by atoms with van der Waals surface area (Å²) in [6, 6.07) is 9.92. The molecular weight excluding hydrogens is 252 g/mol. The summed E-state index contributed by atoms with van der Waals surface area (Å²) in [4.78, 5) is 14.1. The molecule has 1 aliphatic heterocycles. The standard InChI is InChI=1S/C16H24N2O2/c1-2-10-17-14-7-6-11-18(12-14)16(19)13-20-15-8-4-3-5-9-15/h3-5,8-9,14,17H,2,6-7,10-13H2,1H3. The van der Waals surface area contributed by atoms with Crippen molar-refractivity contribution >= 4 is 5.91 Å². The Morgan fingerprint density at radius 3 is 2.95 bits per heavy atom. The molecule has 1 unspecified atom stereocenters. The number of carbonyl (C=O) groups is 1. The van der Waals surface area contributed by atoms with Crippen LogP contribution in [0.2, 0.25) is 0 Å². The van der Waals surface area contributed by atoms with Crippen molar-refractivity contribution in [1.29, 1.82) is 0 Å². The first-order valence-electron chi connectivity index (χ1n) is 7.48. The number of benzene rings is 1. The first-order valence-corrected chi connectivity index (χ1v) is 7.48. The molecule has 4 heteroatoms. The molecule has 0 aliphatic carbocycles. The van der Waals surface area contributed by atoms with Crippen molar-refractivity contribution in [3.05, 3.63) is 30.3 Å². The number of para-hydroxylation sites is 1. The molecule has 0 radical (unpaired) electrons. The number of hydrogen-bond acceptors (Lipinski definition) is 3. The Balaban J connectivity index is 1.77. The van der Waals surface area contributed by atoms with Crippen molar-refractivity contribution in [2.75, 3.05) is 26.2 Å². The number of rotatable bonds is 6. The molecule has 0 aromatic heterocycles. The number of carbonyl (C=O) groups excluding carboxylic acids is 1. The van der Waals surface area contributed by atoms with E-state index in [1.54, 1.807) is 0 Å². The summed E-state index contributed by atoms with van der Waals surface area (Å²) in [5.74, 6) is 0.829. The summed E-state index contributed by atoms with van der Waals surface area (Å²) in [6.45, 7) is 4.96. The maximum atomic E-state index is 12.2. The Morgan fingerprint density at radius 2 is 2.20 bits per heavy atom. The lowest BCUT2D eigenvalue weighted by atomic mass is 10.1. The van der Waals surface area contributed by atoms with Gasteiger partial charge in [-0.1, -0.05) is 25.1 Å². The van der Waals surface area contributed by atoms with Gasteiger partial charge in [-0.3, -0.25) is 4.79 Å². The van der Waals surface area contributed by atoms with Gasteiger partial charge in [0.1, 0.15) is 5.75 Å². The number of amides is 1. The van der Waals surface area contributed by atoms with Crippen molar-refractivity contribution in [2.24, 2.45) is 0 Å². The fourth-order valence-corrected chi connectivity index (χ4v) is 2.47. The van der Waals surface area contributed by atoms with Gasteiger partial charge in [0, 0.05) is 19.1 Å². The summed E-state index contributed by atoms with van der Waals surface area (Å²) in [6.07, 6.45) is 3.35. The van der Waals surface area contributed by atoms with Crippen molar-refractivity contribution < 1.29 is 9.53 Å². The van der Waals surface area contributed by atoms with Crippen LogP contribution in [0.15, 0.2) is 30.3 Å². The molecule has 1 heterocycles. The van der Waals surface area contributed by atoms with Crippen LogP contribution in [0.1, 0.15) is 26.2 Å². The van der Waals surface area contributed by atoms with E-state index < -0.39 is 0 Å². The van der Waals surface area contributed by atoms with Crippen molar-refractivity contribution in [1.82, 2.24) is 10.2 Å². The molecule has 0 saturated carbocycles. The summed E-state index contributed by atoms with van der Waals surface area (Å²) in [5.41, 5.74) is 0. The topological polar surface area (TPSA) is 41.6 Å². The van der Waals surface area contributed by atoms with Crippen LogP contribution in [0.5, 0.6) is 5.75 Å². The summed E-state index contributed by atoms with van der Waals surface area (Å²) in [7, 11) is 0. The van der Waals surface area contributed by atoms with Gasteiger partial charge >= 0.3 is 0 Å². The lowest BCUT2D eigenvalue weighted by Crippen LogP contribution is -2.49. The molecule has 110 valence electrons. The average Bonchev–Trinajstić information content (AvgIpc) is 2.52. The van der Waals surface area contributed by atoms with Gasteiger partial charge in [-0.25, -0.2) is 0 Å². The fraction of sp³-hybridized carbons (Fsp3) is 0.562. The molecule has 1 atom stereocenters. The highest BCUT2D eigenvalue weighted by Gasteiger charge is 2.23. The maximum absolute atomic E-state index is 12.2. The van der Waals surface area contributed by atoms with E-state index in [9.17, 15) is 4.79 Å². The average molecular weight is 276 g/mol. The number of likely N-dealkylation sites (tertiary alicyclic amines) is 1. The van der Waals surface area contributed by atoms with E-state index in [-0.39, 0.29) is 12.5 Å². The molecule has 20 heavy (non-hydrogen) atoms. The monoisotopic (exact) mass is 276 g/mol. The predicted molar refractivity (Wildman–Crippen MR) is 79.8 cm³/mol. The Bertz CT molecular complexity index is 408. The molecule has 1 saturated heterocycles. The quantitative estimate of drug-likeness (QED) is 0.864. The predicted octanol–water partition coefficient (Wildman–Crippen LogP) is 2.06. The van der Waals surface area contributed by atoms with Crippen molar-refractivity contribution in [3.63, 3.8) is 0 Å². The summed E-state index contributed by atoms with van der Waals surface area (Å²) >= 11 is 0. The van der Waals surface area contributed by atoms with E-state index in [2.05, 4.69) is 12.2 Å². The maximum Gasteiger partial charge on any atom is 0.260 e. The number of ether oxygens (including phenoxy) is 1.